The molecule has 2 N–H and O–H groups in total. The Morgan fingerprint density at radius 2 is 2.50 bits per heavy atom. The molecule has 0 bridgehead atoms. The molecule has 1 rings (SSSR count). The molecule has 0 fully saturated rings. The van der Waals surface area contributed by atoms with E-state index in [1.165, 1.54) is 0 Å². The van der Waals surface area contributed by atoms with Crippen LogP contribution in [0.15, 0.2) is 12.3 Å². The van der Waals surface area contributed by atoms with Crippen LogP contribution in [-0.2, 0) is 7.05 Å². The van der Waals surface area contributed by atoms with Gasteiger partial charge in [0.1, 0.15) is 0 Å². The Balaban J connectivity index is 2.46. The van der Waals surface area contributed by atoms with E-state index in [0.717, 1.165) is 12.4 Å². The highest BCUT2D eigenvalue weighted by atomic mass is 32.1. The lowest BCUT2D eigenvalue weighted by molar-refractivity contribution is 0.771. The molecule has 66 valence electrons. The Kier molecular flexibility index (Phi) is 3.04. The number of hydrogen-bond acceptors (Lipinski definition) is 2. The van der Waals surface area contributed by atoms with Crippen LogP contribution in [0.3, 0.4) is 0 Å². The molecule has 0 aromatic carbocycles. The summed E-state index contributed by atoms with van der Waals surface area (Å²) in [6, 6.07) is 1.86. The summed E-state index contributed by atoms with van der Waals surface area (Å²) >= 11 is 4.97. The van der Waals surface area contributed by atoms with Gasteiger partial charge in [-0.15, -0.1) is 0 Å². The fourth-order valence-electron chi connectivity index (χ4n) is 0.803. The maximum Gasteiger partial charge on any atom is 0.171 e. The van der Waals surface area contributed by atoms with E-state index in [9.17, 15) is 0 Å². The molecular formula is C7H12N4S. The second-order valence-electron chi connectivity index (χ2n) is 2.36. The molecule has 1 heterocycles. The van der Waals surface area contributed by atoms with Crippen molar-refractivity contribution in [1.82, 2.24) is 15.1 Å². The Labute approximate surface area is 77.0 Å². The largest absolute Gasteiger partial charge is 0.363 e. The minimum Gasteiger partial charge on any atom is -0.363 e. The zero-order valence-corrected chi connectivity index (χ0v) is 7.98. The van der Waals surface area contributed by atoms with Gasteiger partial charge in [-0.1, -0.05) is 0 Å². The number of nitrogens with one attached hydrogen (secondary N) is 2. The highest BCUT2D eigenvalue weighted by molar-refractivity contribution is 7.80. The standard InChI is InChI=1S/C7H12N4S/c1-3-8-7(12)9-6-4-5-11(2)10-6/h4-5H,3H2,1-2H3,(H2,8,9,10,12). The van der Waals surface area contributed by atoms with Gasteiger partial charge < -0.3 is 10.6 Å². The van der Waals surface area contributed by atoms with Crippen LogP contribution < -0.4 is 10.6 Å². The van der Waals surface area contributed by atoms with E-state index in [-0.39, 0.29) is 0 Å². The van der Waals surface area contributed by atoms with E-state index >= 15 is 0 Å². The molecule has 1 aromatic rings. The molecule has 4 nitrogen and oxygen atoms in total. The second kappa shape index (κ2) is 4.06. The van der Waals surface area contributed by atoms with Crippen LogP contribution in [-0.4, -0.2) is 21.4 Å². The minimum absolute atomic E-state index is 0.608. The molecule has 0 aliphatic heterocycles. The van der Waals surface area contributed by atoms with Crippen LogP contribution in [0.5, 0.6) is 0 Å². The van der Waals surface area contributed by atoms with Crippen molar-refractivity contribution in [2.45, 2.75) is 6.92 Å². The van der Waals surface area contributed by atoms with Gasteiger partial charge in [-0.05, 0) is 19.1 Å². The van der Waals surface area contributed by atoms with Gasteiger partial charge in [-0.25, -0.2) is 0 Å². The predicted octanol–water partition coefficient (Wildman–Crippen LogP) is 0.726. The lowest BCUT2D eigenvalue weighted by Gasteiger charge is -2.04. The van der Waals surface area contributed by atoms with Crippen molar-refractivity contribution >= 4 is 23.1 Å². The van der Waals surface area contributed by atoms with Gasteiger partial charge in [0.25, 0.3) is 0 Å². The summed E-state index contributed by atoms with van der Waals surface area (Å²) in [6.07, 6.45) is 1.86. The Bertz CT molecular complexity index is 268. The third kappa shape index (κ3) is 2.50. The van der Waals surface area contributed by atoms with Gasteiger partial charge in [-0.2, -0.15) is 5.10 Å². The van der Waals surface area contributed by atoms with Gasteiger partial charge >= 0.3 is 0 Å². The van der Waals surface area contributed by atoms with E-state index in [1.54, 1.807) is 4.68 Å². The van der Waals surface area contributed by atoms with Crippen molar-refractivity contribution in [2.75, 3.05) is 11.9 Å². The van der Waals surface area contributed by atoms with E-state index in [1.807, 2.05) is 26.2 Å². The van der Waals surface area contributed by atoms with E-state index in [2.05, 4.69) is 15.7 Å². The molecule has 0 saturated heterocycles. The molecular weight excluding hydrogens is 172 g/mol. The van der Waals surface area contributed by atoms with Crippen molar-refractivity contribution in [1.29, 1.82) is 0 Å². The Morgan fingerprint density at radius 3 is 3.00 bits per heavy atom. The number of nitrogens with zero attached hydrogens (tertiary/aromatic N) is 2. The predicted molar refractivity (Wildman–Crippen MR) is 53.1 cm³/mol. The van der Waals surface area contributed by atoms with Crippen LogP contribution in [0, 0.1) is 0 Å². The molecule has 0 saturated carbocycles. The molecule has 0 unspecified atom stereocenters. The van der Waals surface area contributed by atoms with Crippen LogP contribution in [0.1, 0.15) is 6.92 Å². The van der Waals surface area contributed by atoms with E-state index < -0.39 is 0 Å². The third-order valence-electron chi connectivity index (χ3n) is 1.29. The third-order valence-corrected chi connectivity index (χ3v) is 1.54. The van der Waals surface area contributed by atoms with Crippen molar-refractivity contribution in [2.24, 2.45) is 7.05 Å². The number of aromatic nitrogens is 2. The molecule has 0 aliphatic rings. The molecule has 12 heavy (non-hydrogen) atoms. The monoisotopic (exact) mass is 184 g/mol. The maximum absolute atomic E-state index is 4.97. The SMILES string of the molecule is CCNC(=S)Nc1ccn(C)n1. The molecule has 5 heteroatoms. The summed E-state index contributed by atoms with van der Waals surface area (Å²) in [6.45, 7) is 2.81. The van der Waals surface area contributed by atoms with E-state index in [0.29, 0.717) is 5.11 Å². The summed E-state index contributed by atoms with van der Waals surface area (Å²) in [7, 11) is 1.86. The first-order valence-corrected chi connectivity index (χ1v) is 4.17. The molecule has 0 radical (unpaired) electrons. The molecule has 0 amide bonds. The van der Waals surface area contributed by atoms with Crippen molar-refractivity contribution in [3.05, 3.63) is 12.3 Å². The van der Waals surface area contributed by atoms with Crippen LogP contribution in [0.4, 0.5) is 5.82 Å². The lowest BCUT2D eigenvalue weighted by atomic mass is 10.6. The maximum atomic E-state index is 4.97. The van der Waals surface area contributed by atoms with Gasteiger partial charge in [0.2, 0.25) is 0 Å². The average molecular weight is 184 g/mol. The first-order chi connectivity index (χ1) is 5.72. The highest BCUT2D eigenvalue weighted by Gasteiger charge is 1.97. The first kappa shape index (κ1) is 8.99. The normalized spacial score (nSPS) is 9.50. The number of aryl methyl sites for hydroxylation is 1. The molecule has 0 atom stereocenters. The first-order valence-electron chi connectivity index (χ1n) is 3.77. The highest BCUT2D eigenvalue weighted by Crippen LogP contribution is 1.99. The fraction of sp³-hybridized carbons (Fsp3) is 0.429. The summed E-state index contributed by atoms with van der Waals surface area (Å²) in [5, 5.41) is 10.6. The number of thiocarbonyl (C=S) groups is 1. The average Bonchev–Trinajstić information content (AvgIpc) is 2.36. The minimum atomic E-state index is 0.608. The fourth-order valence-corrected chi connectivity index (χ4v) is 1.05. The zero-order valence-electron chi connectivity index (χ0n) is 7.16. The summed E-state index contributed by atoms with van der Waals surface area (Å²) in [5.41, 5.74) is 0. The van der Waals surface area contributed by atoms with Crippen LogP contribution in [0.25, 0.3) is 0 Å². The molecule has 0 spiro atoms. The topological polar surface area (TPSA) is 41.9 Å². The van der Waals surface area contributed by atoms with Crippen molar-refractivity contribution in [3.8, 4) is 0 Å². The molecule has 1 aromatic heterocycles. The van der Waals surface area contributed by atoms with Crippen LogP contribution >= 0.6 is 12.2 Å². The summed E-state index contributed by atoms with van der Waals surface area (Å²) in [4.78, 5) is 0. The second-order valence-corrected chi connectivity index (χ2v) is 2.77. The Hall–Kier alpha value is -1.10. The smallest absolute Gasteiger partial charge is 0.171 e. The van der Waals surface area contributed by atoms with Gasteiger partial charge in [0, 0.05) is 25.9 Å². The quantitative estimate of drug-likeness (QED) is 0.665. The van der Waals surface area contributed by atoms with Gasteiger partial charge in [0.15, 0.2) is 10.9 Å². The number of rotatable bonds is 2. The van der Waals surface area contributed by atoms with Crippen molar-refractivity contribution in [3.63, 3.8) is 0 Å². The number of hydrogen-bond donors (Lipinski definition) is 2. The van der Waals surface area contributed by atoms with Gasteiger partial charge in [0.05, 0.1) is 0 Å². The van der Waals surface area contributed by atoms with E-state index in [4.69, 9.17) is 12.2 Å². The van der Waals surface area contributed by atoms with Crippen molar-refractivity contribution < 1.29 is 0 Å². The molecule has 0 aliphatic carbocycles. The summed E-state index contributed by atoms with van der Waals surface area (Å²) < 4.78 is 1.72. The number of anilines is 1. The Morgan fingerprint density at radius 1 is 1.75 bits per heavy atom. The van der Waals surface area contributed by atoms with Gasteiger partial charge in [-0.3, -0.25) is 4.68 Å². The lowest BCUT2D eigenvalue weighted by Crippen LogP contribution is -2.28. The summed E-state index contributed by atoms with van der Waals surface area (Å²) in [5.74, 6) is 0.767. The van der Waals surface area contributed by atoms with Crippen LogP contribution in [0.2, 0.25) is 0 Å². The zero-order chi connectivity index (χ0) is 8.97.